The third kappa shape index (κ3) is 4.57. The van der Waals surface area contributed by atoms with E-state index in [9.17, 15) is 10.5 Å². The summed E-state index contributed by atoms with van der Waals surface area (Å²) in [6.45, 7) is 0. The van der Waals surface area contributed by atoms with Crippen LogP contribution in [0, 0.1) is 22.7 Å². The molecule has 45 heavy (non-hydrogen) atoms. The Morgan fingerprint density at radius 3 is 1.64 bits per heavy atom. The number of furan rings is 1. The maximum atomic E-state index is 9.34. The van der Waals surface area contributed by atoms with Crippen molar-refractivity contribution in [1.82, 2.24) is 9.97 Å². The Morgan fingerprint density at radius 1 is 0.444 bits per heavy atom. The molecule has 0 bridgehead atoms. The molecule has 0 fully saturated rings. The largest absolute Gasteiger partial charge is 0.456 e. The zero-order chi connectivity index (χ0) is 30.3. The van der Waals surface area contributed by atoms with Crippen LogP contribution < -0.4 is 0 Å². The standard InChI is InChI=1S/C40H22N4O/c41-23-32-19-29(13-15-43-32)26-6-3-5-25(17-26)28-11-12-36-38(21-28)45-39-22-37(34-9-1-2-10-35(34)40(36)39)31-8-4-7-27(18-31)30-14-16-44-33(20-30)24-42/h1-22H. The van der Waals surface area contributed by atoms with E-state index in [0.29, 0.717) is 11.4 Å². The van der Waals surface area contributed by atoms with Gasteiger partial charge in [-0.3, -0.25) is 0 Å². The van der Waals surface area contributed by atoms with Crippen molar-refractivity contribution in [2.45, 2.75) is 0 Å². The molecular weight excluding hydrogens is 552 g/mol. The van der Waals surface area contributed by atoms with Crippen LogP contribution in [0.4, 0.5) is 0 Å². The molecule has 0 aliphatic rings. The number of hydrogen-bond acceptors (Lipinski definition) is 5. The van der Waals surface area contributed by atoms with Crippen molar-refractivity contribution in [2.75, 3.05) is 0 Å². The van der Waals surface area contributed by atoms with Gasteiger partial charge in [0.05, 0.1) is 0 Å². The molecule has 5 heteroatoms. The second kappa shape index (κ2) is 10.6. The normalized spacial score (nSPS) is 11.1. The molecular formula is C40H22N4O. The van der Waals surface area contributed by atoms with Gasteiger partial charge in [0.25, 0.3) is 0 Å². The van der Waals surface area contributed by atoms with Crippen molar-refractivity contribution in [2.24, 2.45) is 0 Å². The van der Waals surface area contributed by atoms with E-state index >= 15 is 0 Å². The van der Waals surface area contributed by atoms with E-state index in [1.807, 2.05) is 36.4 Å². The number of hydrogen-bond donors (Lipinski definition) is 0. The lowest BCUT2D eigenvalue weighted by Gasteiger charge is -2.10. The fraction of sp³-hybridized carbons (Fsp3) is 0. The molecule has 5 aromatic carbocycles. The van der Waals surface area contributed by atoms with Crippen LogP contribution in [0.25, 0.3) is 77.2 Å². The summed E-state index contributed by atoms with van der Waals surface area (Å²) in [5.41, 5.74) is 10.6. The Balaban J connectivity index is 1.26. The first-order valence-electron chi connectivity index (χ1n) is 14.5. The molecule has 0 atom stereocenters. The van der Waals surface area contributed by atoms with E-state index in [0.717, 1.165) is 77.2 Å². The maximum Gasteiger partial charge on any atom is 0.141 e. The SMILES string of the molecule is N#Cc1cc(-c2cccc(-c3ccc4c(c3)oc3cc(-c5cccc(-c6ccnc(C#N)c6)c5)c5ccccc5c34)c2)ccn1. The lowest BCUT2D eigenvalue weighted by Crippen LogP contribution is -1.87. The number of fused-ring (bicyclic) bond motifs is 5. The highest BCUT2D eigenvalue weighted by atomic mass is 16.3. The molecule has 8 aromatic rings. The van der Waals surface area contributed by atoms with Crippen molar-refractivity contribution in [1.29, 1.82) is 10.5 Å². The van der Waals surface area contributed by atoms with Crippen molar-refractivity contribution >= 4 is 32.7 Å². The highest BCUT2D eigenvalue weighted by Crippen LogP contribution is 2.41. The first-order valence-corrected chi connectivity index (χ1v) is 14.5. The Hall–Kier alpha value is -6.56. The molecule has 3 aromatic heterocycles. The summed E-state index contributed by atoms with van der Waals surface area (Å²) in [5, 5.41) is 23.1. The molecule has 0 saturated carbocycles. The molecule has 0 spiro atoms. The minimum atomic E-state index is 0.392. The molecule has 0 aliphatic heterocycles. The van der Waals surface area contributed by atoms with Crippen LogP contribution >= 0.6 is 0 Å². The number of rotatable bonds is 4. The van der Waals surface area contributed by atoms with Crippen LogP contribution in [-0.2, 0) is 0 Å². The lowest BCUT2D eigenvalue weighted by molar-refractivity contribution is 0.669. The van der Waals surface area contributed by atoms with Gasteiger partial charge in [-0.15, -0.1) is 0 Å². The summed E-state index contributed by atoms with van der Waals surface area (Å²) in [7, 11) is 0. The summed E-state index contributed by atoms with van der Waals surface area (Å²) in [6, 6.07) is 45.3. The summed E-state index contributed by atoms with van der Waals surface area (Å²) in [4.78, 5) is 8.23. The third-order valence-corrected chi connectivity index (χ3v) is 8.26. The van der Waals surface area contributed by atoms with E-state index in [1.165, 1.54) is 0 Å². The van der Waals surface area contributed by atoms with Gasteiger partial charge in [0, 0.05) is 23.2 Å². The molecule has 208 valence electrons. The van der Waals surface area contributed by atoms with E-state index in [4.69, 9.17) is 4.42 Å². The molecule has 0 N–H and O–H groups in total. The van der Waals surface area contributed by atoms with E-state index in [1.54, 1.807) is 18.5 Å². The van der Waals surface area contributed by atoms with Crippen LogP contribution in [0.15, 0.2) is 138 Å². The zero-order valence-corrected chi connectivity index (χ0v) is 23.9. The predicted molar refractivity (Wildman–Crippen MR) is 178 cm³/mol. The molecule has 0 amide bonds. The predicted octanol–water partition coefficient (Wildman–Crippen LogP) is 9.94. The minimum Gasteiger partial charge on any atom is -0.456 e. The van der Waals surface area contributed by atoms with Gasteiger partial charge < -0.3 is 4.42 Å². The molecule has 0 aliphatic carbocycles. The van der Waals surface area contributed by atoms with Gasteiger partial charge in [-0.2, -0.15) is 10.5 Å². The summed E-state index contributed by atoms with van der Waals surface area (Å²) >= 11 is 0. The van der Waals surface area contributed by atoms with Crippen LogP contribution in [0.2, 0.25) is 0 Å². The molecule has 3 heterocycles. The fourth-order valence-electron chi connectivity index (χ4n) is 6.15. The average molecular weight is 575 g/mol. The number of benzene rings is 5. The molecule has 0 radical (unpaired) electrons. The van der Waals surface area contributed by atoms with Gasteiger partial charge in [-0.05, 0) is 110 Å². The highest BCUT2D eigenvalue weighted by molar-refractivity contribution is 6.22. The maximum absolute atomic E-state index is 9.34. The van der Waals surface area contributed by atoms with Crippen LogP contribution in [0.3, 0.4) is 0 Å². The Kier molecular flexibility index (Phi) is 6.16. The topological polar surface area (TPSA) is 86.5 Å². The van der Waals surface area contributed by atoms with Crippen molar-refractivity contribution in [3.05, 3.63) is 145 Å². The van der Waals surface area contributed by atoms with Crippen molar-refractivity contribution < 1.29 is 4.42 Å². The van der Waals surface area contributed by atoms with E-state index in [-0.39, 0.29) is 0 Å². The summed E-state index contributed by atoms with van der Waals surface area (Å²) < 4.78 is 6.59. The molecule has 5 nitrogen and oxygen atoms in total. The zero-order valence-electron chi connectivity index (χ0n) is 23.9. The average Bonchev–Trinajstić information content (AvgIpc) is 3.49. The fourth-order valence-corrected chi connectivity index (χ4v) is 6.15. The van der Waals surface area contributed by atoms with Gasteiger partial charge in [0.2, 0.25) is 0 Å². The minimum absolute atomic E-state index is 0.392. The van der Waals surface area contributed by atoms with E-state index < -0.39 is 0 Å². The molecule has 0 saturated heterocycles. The lowest BCUT2D eigenvalue weighted by atomic mass is 9.93. The quantitative estimate of drug-likeness (QED) is 0.209. The smallest absolute Gasteiger partial charge is 0.141 e. The Bertz CT molecular complexity index is 2530. The molecule has 8 rings (SSSR count). The number of pyridine rings is 2. The second-order valence-electron chi connectivity index (χ2n) is 10.9. The van der Waals surface area contributed by atoms with Gasteiger partial charge in [0.1, 0.15) is 34.7 Å². The van der Waals surface area contributed by atoms with Gasteiger partial charge >= 0.3 is 0 Å². The van der Waals surface area contributed by atoms with Crippen molar-refractivity contribution in [3.63, 3.8) is 0 Å². The van der Waals surface area contributed by atoms with Crippen molar-refractivity contribution in [3.8, 4) is 56.6 Å². The summed E-state index contributed by atoms with van der Waals surface area (Å²) in [6.07, 6.45) is 3.34. The van der Waals surface area contributed by atoms with E-state index in [2.05, 4.69) is 101 Å². The second-order valence-corrected chi connectivity index (χ2v) is 10.9. The highest BCUT2D eigenvalue weighted by Gasteiger charge is 2.16. The Labute approximate surface area is 258 Å². The van der Waals surface area contributed by atoms with Gasteiger partial charge in [0.15, 0.2) is 0 Å². The first-order chi connectivity index (χ1) is 22.2. The molecule has 0 unspecified atom stereocenters. The van der Waals surface area contributed by atoms with Gasteiger partial charge in [-0.1, -0.05) is 66.7 Å². The first kappa shape index (κ1) is 26.1. The Morgan fingerprint density at radius 2 is 1.00 bits per heavy atom. The third-order valence-electron chi connectivity index (χ3n) is 8.26. The monoisotopic (exact) mass is 574 g/mol. The number of aromatic nitrogens is 2. The van der Waals surface area contributed by atoms with Crippen LogP contribution in [0.1, 0.15) is 11.4 Å². The van der Waals surface area contributed by atoms with Gasteiger partial charge in [-0.25, -0.2) is 9.97 Å². The summed E-state index contributed by atoms with van der Waals surface area (Å²) in [5.74, 6) is 0. The number of nitriles is 2. The van der Waals surface area contributed by atoms with Crippen LogP contribution in [-0.4, -0.2) is 9.97 Å². The van der Waals surface area contributed by atoms with Crippen LogP contribution in [0.5, 0.6) is 0 Å². The number of nitrogens with zero attached hydrogens (tertiary/aromatic N) is 4.